The summed E-state index contributed by atoms with van der Waals surface area (Å²) in [5.74, 6) is -0.367. The van der Waals surface area contributed by atoms with Crippen LogP contribution >= 0.6 is 23.2 Å². The lowest BCUT2D eigenvalue weighted by molar-refractivity contribution is -0.141. The number of rotatable bonds is 11. The molecule has 1 fully saturated rings. The van der Waals surface area contributed by atoms with Crippen molar-refractivity contribution in [2.45, 2.75) is 69.5 Å². The number of benzene rings is 4. The van der Waals surface area contributed by atoms with Gasteiger partial charge in [-0.3, -0.25) is 9.59 Å². The van der Waals surface area contributed by atoms with Gasteiger partial charge >= 0.3 is 0 Å². The third-order valence-electron chi connectivity index (χ3n) is 8.34. The van der Waals surface area contributed by atoms with Gasteiger partial charge < -0.3 is 10.2 Å². The maximum atomic E-state index is 14.6. The topological polar surface area (TPSA) is 49.4 Å². The van der Waals surface area contributed by atoms with Crippen molar-refractivity contribution in [3.63, 3.8) is 0 Å². The van der Waals surface area contributed by atoms with E-state index in [1.165, 1.54) is 6.42 Å². The molecule has 4 aromatic rings. The molecule has 1 aliphatic rings. The summed E-state index contributed by atoms with van der Waals surface area (Å²) < 4.78 is 0. The standard InChI is InChI=1S/C37H38Cl2N2O2/c38-33-22-21-28(23-34(33)39)26-41(36(42)25-32(29-15-7-2-8-16-29)30-17-9-3-10-18-30)35(24-27-13-5-1-6-14-27)37(43)40-31-19-11-4-12-20-31/h1-3,5-10,13-18,21-23,31-32,35H,4,11-12,19-20,24-26H2,(H,40,43). The highest BCUT2D eigenvalue weighted by Crippen LogP contribution is 2.31. The Labute approximate surface area is 265 Å². The van der Waals surface area contributed by atoms with Gasteiger partial charge in [0.15, 0.2) is 0 Å². The van der Waals surface area contributed by atoms with Crippen molar-refractivity contribution in [3.8, 4) is 0 Å². The summed E-state index contributed by atoms with van der Waals surface area (Å²) in [6.07, 6.45) is 5.97. The zero-order chi connectivity index (χ0) is 30.0. The average molecular weight is 614 g/mol. The smallest absolute Gasteiger partial charge is 0.243 e. The zero-order valence-corrected chi connectivity index (χ0v) is 25.8. The van der Waals surface area contributed by atoms with Crippen LogP contribution < -0.4 is 5.32 Å². The van der Waals surface area contributed by atoms with E-state index in [-0.39, 0.29) is 36.7 Å². The third-order valence-corrected chi connectivity index (χ3v) is 9.08. The fourth-order valence-electron chi connectivity index (χ4n) is 6.02. The van der Waals surface area contributed by atoms with Gasteiger partial charge in [0.1, 0.15) is 6.04 Å². The molecule has 2 amide bonds. The van der Waals surface area contributed by atoms with Crippen molar-refractivity contribution in [1.82, 2.24) is 10.2 Å². The summed E-state index contributed by atoms with van der Waals surface area (Å²) in [5.41, 5.74) is 3.94. The molecular weight excluding hydrogens is 575 g/mol. The number of nitrogens with zero attached hydrogens (tertiary/aromatic N) is 1. The van der Waals surface area contributed by atoms with E-state index in [0.717, 1.165) is 47.9 Å². The van der Waals surface area contributed by atoms with Crippen molar-refractivity contribution in [1.29, 1.82) is 0 Å². The molecule has 4 nitrogen and oxygen atoms in total. The number of carbonyl (C=O) groups excluding carboxylic acids is 2. The summed E-state index contributed by atoms with van der Waals surface area (Å²) in [4.78, 5) is 30.5. The van der Waals surface area contributed by atoms with E-state index in [1.54, 1.807) is 17.0 Å². The Morgan fingerprint density at radius 1 is 0.721 bits per heavy atom. The van der Waals surface area contributed by atoms with E-state index < -0.39 is 6.04 Å². The molecule has 1 saturated carbocycles. The Bertz CT molecular complexity index is 1440. The normalized spacial score (nSPS) is 14.3. The van der Waals surface area contributed by atoms with E-state index in [4.69, 9.17) is 23.2 Å². The fraction of sp³-hybridized carbons (Fsp3) is 0.297. The van der Waals surface area contributed by atoms with Gasteiger partial charge in [-0.05, 0) is 47.2 Å². The van der Waals surface area contributed by atoms with Gasteiger partial charge in [-0.25, -0.2) is 0 Å². The second-order valence-corrected chi connectivity index (χ2v) is 12.2. The second-order valence-electron chi connectivity index (χ2n) is 11.4. The summed E-state index contributed by atoms with van der Waals surface area (Å²) in [6.45, 7) is 0.238. The minimum Gasteiger partial charge on any atom is -0.352 e. The number of hydrogen-bond acceptors (Lipinski definition) is 2. The number of nitrogens with one attached hydrogen (secondary N) is 1. The molecule has 0 saturated heterocycles. The van der Waals surface area contributed by atoms with Gasteiger partial charge in [-0.2, -0.15) is 0 Å². The largest absolute Gasteiger partial charge is 0.352 e. The maximum absolute atomic E-state index is 14.6. The summed E-state index contributed by atoms with van der Waals surface area (Å²) in [5, 5.41) is 4.19. The van der Waals surface area contributed by atoms with E-state index >= 15 is 0 Å². The van der Waals surface area contributed by atoms with Crippen LogP contribution in [0.1, 0.15) is 66.7 Å². The SMILES string of the molecule is O=C(NC1CCCCC1)C(Cc1ccccc1)N(Cc1ccc(Cl)c(Cl)c1)C(=O)CC(c1ccccc1)c1ccccc1. The molecule has 1 N–H and O–H groups in total. The molecular formula is C37H38Cl2N2O2. The predicted molar refractivity (Wildman–Crippen MR) is 175 cm³/mol. The van der Waals surface area contributed by atoms with Crippen LogP contribution in [0.2, 0.25) is 10.0 Å². The number of amides is 2. The first-order valence-corrected chi connectivity index (χ1v) is 15.9. The quantitative estimate of drug-likeness (QED) is 0.184. The van der Waals surface area contributed by atoms with E-state index in [9.17, 15) is 9.59 Å². The van der Waals surface area contributed by atoms with Gasteiger partial charge in [0.2, 0.25) is 11.8 Å². The molecule has 4 aromatic carbocycles. The van der Waals surface area contributed by atoms with Gasteiger partial charge in [0.25, 0.3) is 0 Å². The monoisotopic (exact) mass is 612 g/mol. The maximum Gasteiger partial charge on any atom is 0.243 e. The summed E-state index contributed by atoms with van der Waals surface area (Å²) in [6, 6.07) is 35.0. The van der Waals surface area contributed by atoms with Gasteiger partial charge in [0, 0.05) is 31.3 Å². The summed E-state index contributed by atoms with van der Waals surface area (Å²) in [7, 11) is 0. The highest BCUT2D eigenvalue weighted by molar-refractivity contribution is 6.42. The number of halogens is 2. The minimum atomic E-state index is -0.696. The van der Waals surface area contributed by atoms with E-state index in [0.29, 0.717) is 16.5 Å². The molecule has 0 aromatic heterocycles. The molecule has 1 unspecified atom stereocenters. The van der Waals surface area contributed by atoms with E-state index in [1.807, 2.05) is 72.8 Å². The van der Waals surface area contributed by atoms with Gasteiger partial charge in [0.05, 0.1) is 10.0 Å². The lowest BCUT2D eigenvalue weighted by atomic mass is 9.87. The Hall–Kier alpha value is -3.60. The fourth-order valence-corrected chi connectivity index (χ4v) is 6.34. The molecule has 0 aliphatic heterocycles. The number of hydrogen-bond donors (Lipinski definition) is 1. The predicted octanol–water partition coefficient (Wildman–Crippen LogP) is 8.60. The van der Waals surface area contributed by atoms with Crippen molar-refractivity contribution >= 4 is 35.0 Å². The van der Waals surface area contributed by atoms with Gasteiger partial charge in [-0.1, -0.05) is 140 Å². The number of carbonyl (C=O) groups is 2. The first-order valence-electron chi connectivity index (χ1n) is 15.2. The van der Waals surface area contributed by atoms with Crippen molar-refractivity contribution in [2.75, 3.05) is 0 Å². The third kappa shape index (κ3) is 8.49. The molecule has 1 aliphatic carbocycles. The van der Waals surface area contributed by atoms with Crippen LogP contribution in [0.15, 0.2) is 109 Å². The van der Waals surface area contributed by atoms with Crippen molar-refractivity contribution in [3.05, 3.63) is 141 Å². The van der Waals surface area contributed by atoms with Crippen molar-refractivity contribution in [2.24, 2.45) is 0 Å². The summed E-state index contributed by atoms with van der Waals surface area (Å²) >= 11 is 12.6. The molecule has 222 valence electrons. The zero-order valence-electron chi connectivity index (χ0n) is 24.3. The first-order chi connectivity index (χ1) is 21.0. The van der Waals surface area contributed by atoms with Crippen LogP contribution in [0.3, 0.4) is 0 Å². The Balaban J connectivity index is 1.52. The Morgan fingerprint density at radius 3 is 1.88 bits per heavy atom. The first kappa shape index (κ1) is 30.8. The highest BCUT2D eigenvalue weighted by Gasteiger charge is 2.33. The molecule has 0 bridgehead atoms. The lowest BCUT2D eigenvalue weighted by Gasteiger charge is -2.34. The average Bonchev–Trinajstić information content (AvgIpc) is 3.05. The Kier molecular flexibility index (Phi) is 10.9. The van der Waals surface area contributed by atoms with Crippen LogP contribution in [-0.2, 0) is 22.6 Å². The van der Waals surface area contributed by atoms with E-state index in [2.05, 4.69) is 29.6 Å². The van der Waals surface area contributed by atoms with Crippen LogP contribution in [-0.4, -0.2) is 28.8 Å². The van der Waals surface area contributed by atoms with Crippen LogP contribution in [0, 0.1) is 0 Å². The molecule has 0 spiro atoms. The van der Waals surface area contributed by atoms with Crippen molar-refractivity contribution < 1.29 is 9.59 Å². The van der Waals surface area contributed by atoms with Crippen LogP contribution in [0.4, 0.5) is 0 Å². The highest BCUT2D eigenvalue weighted by atomic mass is 35.5. The van der Waals surface area contributed by atoms with Crippen LogP contribution in [0.5, 0.6) is 0 Å². The molecule has 0 radical (unpaired) electrons. The molecule has 0 heterocycles. The van der Waals surface area contributed by atoms with Gasteiger partial charge in [-0.15, -0.1) is 0 Å². The second kappa shape index (κ2) is 15.2. The molecule has 5 rings (SSSR count). The Morgan fingerprint density at radius 2 is 1.30 bits per heavy atom. The van der Waals surface area contributed by atoms with Crippen LogP contribution in [0.25, 0.3) is 0 Å². The molecule has 43 heavy (non-hydrogen) atoms. The minimum absolute atomic E-state index is 0.0940. The molecule has 1 atom stereocenters. The lowest BCUT2D eigenvalue weighted by Crippen LogP contribution is -2.53. The molecule has 6 heteroatoms.